The molecule has 0 aromatic carbocycles. The standard InChI is InChI=1S/C11H21NO5S.C5H11NO2/c1-10(2)11(13)17-8-7-12(3,4)6-5-9-18(14,15)16;1-4(5(7)8)6(2)3/h1,5-9H2,2-4H3;4H,1-3H3,(H,7,8)/p+1. The van der Waals surface area contributed by atoms with Crippen molar-refractivity contribution >= 4 is 22.1 Å². The van der Waals surface area contributed by atoms with Crippen molar-refractivity contribution < 1.29 is 36.9 Å². The van der Waals surface area contributed by atoms with Crippen LogP contribution in [-0.4, -0.2) is 99.1 Å². The number of carbonyl (C=O) groups is 2. The zero-order chi connectivity index (χ0) is 21.1. The zero-order valence-electron chi connectivity index (χ0n) is 16.6. The second kappa shape index (κ2) is 12.0. The third-order valence-electron chi connectivity index (χ3n) is 3.58. The van der Waals surface area contributed by atoms with Gasteiger partial charge in [-0.25, -0.2) is 4.79 Å². The number of nitrogens with zero attached hydrogens (tertiary/aromatic N) is 2. The fourth-order valence-electron chi connectivity index (χ4n) is 1.52. The highest BCUT2D eigenvalue weighted by atomic mass is 32.2. The third-order valence-corrected chi connectivity index (χ3v) is 4.38. The molecule has 26 heavy (non-hydrogen) atoms. The third kappa shape index (κ3) is 16.0. The topological polar surface area (TPSA) is 121 Å². The van der Waals surface area contributed by atoms with E-state index in [1.807, 2.05) is 14.1 Å². The Hall–Kier alpha value is -1.49. The SMILES string of the molecule is C=C(C)C(=O)OCC[N+](C)(C)CCCS(=O)(=O)O.CC(C(=O)O)N(C)C. The molecule has 0 bridgehead atoms. The lowest BCUT2D eigenvalue weighted by Crippen LogP contribution is -2.43. The Balaban J connectivity index is 0. The average molecular weight is 398 g/mol. The minimum absolute atomic E-state index is 0.250. The number of carbonyl (C=O) groups excluding carboxylic acids is 1. The molecule has 0 aliphatic carbocycles. The van der Waals surface area contributed by atoms with Crippen molar-refractivity contribution in [3.8, 4) is 0 Å². The molecule has 1 atom stereocenters. The molecule has 0 rings (SSSR count). The number of hydrogen-bond donors (Lipinski definition) is 2. The van der Waals surface area contributed by atoms with Gasteiger partial charge in [0.25, 0.3) is 10.1 Å². The monoisotopic (exact) mass is 397 g/mol. The molecule has 0 amide bonds. The molecule has 0 heterocycles. The van der Waals surface area contributed by atoms with Gasteiger partial charge >= 0.3 is 11.9 Å². The van der Waals surface area contributed by atoms with Crippen LogP contribution in [0.25, 0.3) is 0 Å². The second-order valence-corrected chi connectivity index (χ2v) is 8.49. The van der Waals surface area contributed by atoms with Gasteiger partial charge in [-0.1, -0.05) is 6.58 Å². The summed E-state index contributed by atoms with van der Waals surface area (Å²) in [6, 6.07) is -0.380. The Bertz CT molecular complexity index is 571. The molecule has 0 fully saturated rings. The maximum absolute atomic E-state index is 11.1. The zero-order valence-corrected chi connectivity index (χ0v) is 17.4. The Morgan fingerprint density at radius 3 is 2.04 bits per heavy atom. The second-order valence-electron chi connectivity index (χ2n) is 6.92. The van der Waals surface area contributed by atoms with Crippen LogP contribution >= 0.6 is 0 Å². The van der Waals surface area contributed by atoms with Gasteiger partial charge in [-0.15, -0.1) is 0 Å². The highest BCUT2D eigenvalue weighted by molar-refractivity contribution is 7.85. The van der Waals surface area contributed by atoms with Crippen molar-refractivity contribution in [3.05, 3.63) is 12.2 Å². The summed E-state index contributed by atoms with van der Waals surface area (Å²) in [6.07, 6.45) is 0.361. The summed E-state index contributed by atoms with van der Waals surface area (Å²) in [5.41, 5.74) is 0.353. The minimum atomic E-state index is -3.90. The normalized spacial score (nSPS) is 12.8. The van der Waals surface area contributed by atoms with Crippen molar-refractivity contribution in [2.45, 2.75) is 26.3 Å². The summed E-state index contributed by atoms with van der Waals surface area (Å²) in [4.78, 5) is 22.9. The largest absolute Gasteiger partial charge is 0.480 e. The van der Waals surface area contributed by atoms with Crippen LogP contribution in [-0.2, 0) is 24.4 Å². The van der Waals surface area contributed by atoms with E-state index in [9.17, 15) is 18.0 Å². The molecule has 0 saturated heterocycles. The number of carboxylic acid groups (broad SMARTS) is 1. The molecule has 154 valence electrons. The van der Waals surface area contributed by atoms with Crippen molar-refractivity contribution in [2.75, 3.05) is 53.6 Å². The molecule has 0 radical (unpaired) electrons. The Morgan fingerprint density at radius 1 is 1.23 bits per heavy atom. The van der Waals surface area contributed by atoms with Gasteiger partial charge in [0.15, 0.2) is 0 Å². The first-order valence-corrected chi connectivity index (χ1v) is 9.69. The van der Waals surface area contributed by atoms with Crippen LogP contribution < -0.4 is 0 Å². The summed E-state index contributed by atoms with van der Waals surface area (Å²) in [6.45, 7) is 8.09. The fraction of sp³-hybridized carbons (Fsp3) is 0.750. The Morgan fingerprint density at radius 2 is 1.73 bits per heavy atom. The minimum Gasteiger partial charge on any atom is -0.480 e. The van der Waals surface area contributed by atoms with Crippen molar-refractivity contribution in [3.63, 3.8) is 0 Å². The van der Waals surface area contributed by atoms with Gasteiger partial charge in [-0.2, -0.15) is 8.42 Å². The van der Waals surface area contributed by atoms with Crippen molar-refractivity contribution in [1.29, 1.82) is 0 Å². The summed E-state index contributed by atoms with van der Waals surface area (Å²) in [5.74, 6) is -1.46. The molecule has 0 aliphatic heterocycles. The lowest BCUT2D eigenvalue weighted by molar-refractivity contribution is -0.890. The molecule has 1 unspecified atom stereocenters. The van der Waals surface area contributed by atoms with Gasteiger partial charge in [-0.3, -0.25) is 14.2 Å². The van der Waals surface area contributed by atoms with E-state index in [0.29, 0.717) is 29.6 Å². The van der Waals surface area contributed by atoms with Gasteiger partial charge in [0, 0.05) is 12.0 Å². The quantitative estimate of drug-likeness (QED) is 0.236. The molecule has 0 aromatic heterocycles. The number of rotatable bonds is 10. The molecule has 0 aliphatic rings. The van der Waals surface area contributed by atoms with Crippen LogP contribution in [0.4, 0.5) is 0 Å². The van der Waals surface area contributed by atoms with Crippen LogP contribution in [0.3, 0.4) is 0 Å². The average Bonchev–Trinajstić information content (AvgIpc) is 2.44. The van der Waals surface area contributed by atoms with E-state index in [1.165, 1.54) is 0 Å². The predicted molar refractivity (Wildman–Crippen MR) is 99.4 cm³/mol. The van der Waals surface area contributed by atoms with Gasteiger partial charge in [0.1, 0.15) is 19.2 Å². The number of aliphatic carboxylic acids is 1. The lowest BCUT2D eigenvalue weighted by atomic mass is 10.3. The molecule has 0 spiro atoms. The van der Waals surface area contributed by atoms with E-state index >= 15 is 0 Å². The number of likely N-dealkylation sites (N-methyl/N-ethyl adjacent to an activating group) is 2. The molecule has 0 aromatic rings. The predicted octanol–water partition coefficient (Wildman–Crippen LogP) is 0.481. The number of quaternary nitrogens is 1. The van der Waals surface area contributed by atoms with Gasteiger partial charge < -0.3 is 14.3 Å². The van der Waals surface area contributed by atoms with Crippen LogP contribution in [0, 0.1) is 0 Å². The first-order chi connectivity index (χ1) is 11.6. The highest BCUT2D eigenvalue weighted by Gasteiger charge is 2.17. The molecular formula is C16H33N2O7S+. The smallest absolute Gasteiger partial charge is 0.333 e. The summed E-state index contributed by atoms with van der Waals surface area (Å²) in [5, 5.41) is 8.31. The highest BCUT2D eigenvalue weighted by Crippen LogP contribution is 2.02. The van der Waals surface area contributed by atoms with Gasteiger partial charge in [-0.05, 0) is 27.9 Å². The number of esters is 1. The summed E-state index contributed by atoms with van der Waals surface area (Å²) in [7, 11) is 3.37. The number of ether oxygens (including phenoxy) is 1. The first-order valence-electron chi connectivity index (χ1n) is 8.08. The van der Waals surface area contributed by atoms with E-state index in [0.717, 1.165) is 0 Å². The van der Waals surface area contributed by atoms with E-state index in [1.54, 1.807) is 32.8 Å². The van der Waals surface area contributed by atoms with E-state index in [4.69, 9.17) is 14.4 Å². The molecule has 10 heteroatoms. The van der Waals surface area contributed by atoms with Crippen LogP contribution in [0.5, 0.6) is 0 Å². The van der Waals surface area contributed by atoms with E-state index in [2.05, 4.69) is 6.58 Å². The van der Waals surface area contributed by atoms with E-state index in [-0.39, 0.29) is 18.4 Å². The first kappa shape index (κ1) is 26.7. The Labute approximate surface area is 156 Å². The van der Waals surface area contributed by atoms with Crippen LogP contribution in [0.2, 0.25) is 0 Å². The molecular weight excluding hydrogens is 364 g/mol. The van der Waals surface area contributed by atoms with Crippen LogP contribution in [0.15, 0.2) is 12.2 Å². The van der Waals surface area contributed by atoms with Crippen molar-refractivity contribution in [2.24, 2.45) is 0 Å². The van der Waals surface area contributed by atoms with Crippen molar-refractivity contribution in [1.82, 2.24) is 4.90 Å². The fourth-order valence-corrected chi connectivity index (χ4v) is 2.01. The van der Waals surface area contributed by atoms with E-state index < -0.39 is 22.1 Å². The summed E-state index contributed by atoms with van der Waals surface area (Å²) < 4.78 is 35.2. The maximum atomic E-state index is 11.1. The molecule has 9 nitrogen and oxygen atoms in total. The van der Waals surface area contributed by atoms with Gasteiger partial charge in [0.05, 0.1) is 26.4 Å². The van der Waals surface area contributed by atoms with Gasteiger partial charge in [0.2, 0.25) is 0 Å². The maximum Gasteiger partial charge on any atom is 0.333 e. The summed E-state index contributed by atoms with van der Waals surface area (Å²) >= 11 is 0. The lowest BCUT2D eigenvalue weighted by Gasteiger charge is -2.29. The number of hydrogen-bond acceptors (Lipinski definition) is 6. The van der Waals surface area contributed by atoms with Crippen LogP contribution in [0.1, 0.15) is 20.3 Å². The molecule has 2 N–H and O–H groups in total. The Kier molecular flexibility index (Phi) is 12.3. The number of carboxylic acids is 1. The molecule has 0 saturated carbocycles.